The second kappa shape index (κ2) is 4.53. The summed E-state index contributed by atoms with van der Waals surface area (Å²) in [5.41, 5.74) is 0.245. The molecule has 0 aromatic carbocycles. The normalized spacial score (nSPS) is 26.4. The van der Waals surface area contributed by atoms with Crippen molar-refractivity contribution >= 4 is 17.7 Å². The van der Waals surface area contributed by atoms with E-state index in [1.165, 1.54) is 12.2 Å². The predicted octanol–water partition coefficient (Wildman–Crippen LogP) is 1.53. The quantitative estimate of drug-likeness (QED) is 0.778. The maximum atomic E-state index is 10.6. The van der Waals surface area contributed by atoms with E-state index in [1.54, 1.807) is 0 Å². The summed E-state index contributed by atoms with van der Waals surface area (Å²) in [7, 11) is 1.91. The summed E-state index contributed by atoms with van der Waals surface area (Å²) in [5.74, 6) is 1.51. The molecule has 0 radical (unpaired) electrons. The molecule has 1 atom stereocenters. The third-order valence-corrected chi connectivity index (χ3v) is 4.03. The number of likely N-dealkylation sites (N-methyl/N-ethyl adjacent to an activating group) is 1. The number of nitrogens with zero attached hydrogens (tertiary/aromatic N) is 1. The summed E-state index contributed by atoms with van der Waals surface area (Å²) < 4.78 is 0. The lowest BCUT2D eigenvalue weighted by atomic mass is 9.81. The zero-order valence-electron chi connectivity index (χ0n) is 9.12. The van der Waals surface area contributed by atoms with E-state index in [-0.39, 0.29) is 12.0 Å². The minimum Gasteiger partial charge on any atom is -0.480 e. The summed E-state index contributed by atoms with van der Waals surface area (Å²) in [6, 6.07) is 0.386. The number of rotatable bonds is 3. The summed E-state index contributed by atoms with van der Waals surface area (Å²) >= 11 is 1.93. The highest BCUT2D eigenvalue weighted by Crippen LogP contribution is 2.36. The number of hydrogen-bond acceptors (Lipinski definition) is 3. The lowest BCUT2D eigenvalue weighted by Crippen LogP contribution is -2.49. The van der Waals surface area contributed by atoms with Crippen LogP contribution in [0.25, 0.3) is 0 Å². The minimum atomic E-state index is -0.737. The van der Waals surface area contributed by atoms with Gasteiger partial charge in [0.2, 0.25) is 0 Å². The lowest BCUT2D eigenvalue weighted by Gasteiger charge is -2.43. The first-order chi connectivity index (χ1) is 6.43. The standard InChI is InChI=1S/C10H19NO2S/c1-10(2)4-5-14-7-8(10)11(3)6-9(12)13/h8H,4-7H2,1-3H3,(H,12,13). The van der Waals surface area contributed by atoms with Gasteiger partial charge in [-0.3, -0.25) is 9.69 Å². The van der Waals surface area contributed by atoms with E-state index in [9.17, 15) is 4.79 Å². The molecule has 0 aromatic rings. The van der Waals surface area contributed by atoms with Gasteiger partial charge in [0, 0.05) is 11.8 Å². The molecule has 0 aliphatic carbocycles. The summed E-state index contributed by atoms with van der Waals surface area (Å²) in [6.07, 6.45) is 1.17. The van der Waals surface area contributed by atoms with Gasteiger partial charge in [-0.25, -0.2) is 0 Å². The van der Waals surface area contributed by atoms with Crippen LogP contribution in [-0.2, 0) is 4.79 Å². The van der Waals surface area contributed by atoms with Crippen molar-refractivity contribution in [2.45, 2.75) is 26.3 Å². The van der Waals surface area contributed by atoms with Gasteiger partial charge in [-0.05, 0) is 24.6 Å². The molecule has 1 heterocycles. The smallest absolute Gasteiger partial charge is 0.317 e. The molecule has 0 aromatic heterocycles. The largest absolute Gasteiger partial charge is 0.480 e. The second-order valence-corrected chi connectivity index (χ2v) is 5.79. The van der Waals surface area contributed by atoms with Crippen LogP contribution in [0.1, 0.15) is 20.3 Å². The Morgan fingerprint density at radius 2 is 2.29 bits per heavy atom. The molecule has 1 rings (SSSR count). The van der Waals surface area contributed by atoms with Crippen molar-refractivity contribution in [3.8, 4) is 0 Å². The third-order valence-electron chi connectivity index (χ3n) is 2.99. The van der Waals surface area contributed by atoms with Gasteiger partial charge in [0.05, 0.1) is 6.54 Å². The molecule has 0 spiro atoms. The van der Waals surface area contributed by atoms with Gasteiger partial charge in [0.15, 0.2) is 0 Å². The first kappa shape index (κ1) is 11.9. The Hall–Kier alpha value is -0.220. The summed E-state index contributed by atoms with van der Waals surface area (Å²) in [5, 5.41) is 8.74. The molecule has 14 heavy (non-hydrogen) atoms. The van der Waals surface area contributed by atoms with Crippen molar-refractivity contribution in [3.05, 3.63) is 0 Å². The molecule has 1 fully saturated rings. The maximum absolute atomic E-state index is 10.6. The molecule has 1 saturated heterocycles. The van der Waals surface area contributed by atoms with Crippen LogP contribution in [0.4, 0.5) is 0 Å². The summed E-state index contributed by atoms with van der Waals surface area (Å²) in [4.78, 5) is 12.6. The molecule has 82 valence electrons. The number of aliphatic carboxylic acids is 1. The number of thioether (sulfide) groups is 1. The van der Waals surface area contributed by atoms with Crippen molar-refractivity contribution in [3.63, 3.8) is 0 Å². The monoisotopic (exact) mass is 217 g/mol. The Kier molecular flexibility index (Phi) is 3.84. The average Bonchev–Trinajstić information content (AvgIpc) is 2.01. The van der Waals surface area contributed by atoms with Gasteiger partial charge in [-0.15, -0.1) is 0 Å². The van der Waals surface area contributed by atoms with E-state index in [0.717, 1.165) is 5.75 Å². The van der Waals surface area contributed by atoms with Crippen LogP contribution < -0.4 is 0 Å². The highest BCUT2D eigenvalue weighted by Gasteiger charge is 2.35. The van der Waals surface area contributed by atoms with Crippen molar-refractivity contribution in [1.82, 2.24) is 4.90 Å². The fourth-order valence-corrected chi connectivity index (χ4v) is 3.74. The van der Waals surface area contributed by atoms with Crippen LogP contribution >= 0.6 is 11.8 Å². The number of carboxylic acids is 1. The van der Waals surface area contributed by atoms with Crippen LogP contribution in [0.15, 0.2) is 0 Å². The number of carboxylic acid groups (broad SMARTS) is 1. The molecule has 4 heteroatoms. The first-order valence-corrected chi connectivity index (χ1v) is 6.09. The van der Waals surface area contributed by atoms with Crippen molar-refractivity contribution in [1.29, 1.82) is 0 Å². The van der Waals surface area contributed by atoms with E-state index in [2.05, 4.69) is 13.8 Å². The van der Waals surface area contributed by atoms with E-state index < -0.39 is 5.97 Å². The molecule has 0 saturated carbocycles. The van der Waals surface area contributed by atoms with Crippen molar-refractivity contribution < 1.29 is 9.90 Å². The fraction of sp³-hybridized carbons (Fsp3) is 0.900. The van der Waals surface area contributed by atoms with Gasteiger partial charge in [0.1, 0.15) is 0 Å². The molecular weight excluding hydrogens is 198 g/mol. The number of carbonyl (C=O) groups is 1. The van der Waals surface area contributed by atoms with Crippen LogP contribution in [-0.4, -0.2) is 47.1 Å². The van der Waals surface area contributed by atoms with E-state index >= 15 is 0 Å². The van der Waals surface area contributed by atoms with Crippen LogP contribution in [0.3, 0.4) is 0 Å². The van der Waals surface area contributed by atoms with Crippen LogP contribution in [0, 0.1) is 5.41 Å². The first-order valence-electron chi connectivity index (χ1n) is 4.93. The Balaban J connectivity index is 2.59. The van der Waals surface area contributed by atoms with E-state index in [1.807, 2.05) is 23.7 Å². The predicted molar refractivity (Wildman–Crippen MR) is 59.8 cm³/mol. The van der Waals surface area contributed by atoms with E-state index in [4.69, 9.17) is 5.11 Å². The number of hydrogen-bond donors (Lipinski definition) is 1. The van der Waals surface area contributed by atoms with Gasteiger partial charge >= 0.3 is 5.97 Å². The molecule has 0 bridgehead atoms. The zero-order chi connectivity index (χ0) is 10.8. The fourth-order valence-electron chi connectivity index (χ4n) is 1.97. The third kappa shape index (κ3) is 2.89. The van der Waals surface area contributed by atoms with Gasteiger partial charge in [0.25, 0.3) is 0 Å². The Morgan fingerprint density at radius 3 is 2.79 bits per heavy atom. The Morgan fingerprint density at radius 1 is 1.64 bits per heavy atom. The summed E-state index contributed by atoms with van der Waals surface area (Å²) in [6.45, 7) is 4.61. The molecular formula is C10H19NO2S. The molecule has 1 aliphatic heterocycles. The Labute approximate surface area is 89.9 Å². The van der Waals surface area contributed by atoms with Gasteiger partial charge in [-0.1, -0.05) is 13.8 Å². The molecule has 0 amide bonds. The SMILES string of the molecule is CN(CC(=O)O)C1CSCCC1(C)C. The Bertz CT molecular complexity index is 218. The zero-order valence-corrected chi connectivity index (χ0v) is 9.93. The molecule has 1 unspecified atom stereocenters. The highest BCUT2D eigenvalue weighted by molar-refractivity contribution is 7.99. The molecule has 1 N–H and O–H groups in total. The second-order valence-electron chi connectivity index (χ2n) is 4.64. The maximum Gasteiger partial charge on any atom is 0.317 e. The topological polar surface area (TPSA) is 40.5 Å². The van der Waals surface area contributed by atoms with Crippen LogP contribution in [0.5, 0.6) is 0 Å². The van der Waals surface area contributed by atoms with Crippen molar-refractivity contribution in [2.75, 3.05) is 25.1 Å². The van der Waals surface area contributed by atoms with Crippen molar-refractivity contribution in [2.24, 2.45) is 5.41 Å². The average molecular weight is 217 g/mol. The minimum absolute atomic E-state index is 0.147. The molecule has 1 aliphatic rings. The lowest BCUT2D eigenvalue weighted by molar-refractivity contribution is -0.138. The highest BCUT2D eigenvalue weighted by atomic mass is 32.2. The van der Waals surface area contributed by atoms with Gasteiger partial charge in [-0.2, -0.15) is 11.8 Å². The molecule has 3 nitrogen and oxygen atoms in total. The van der Waals surface area contributed by atoms with Crippen LogP contribution in [0.2, 0.25) is 0 Å². The van der Waals surface area contributed by atoms with Gasteiger partial charge < -0.3 is 5.11 Å². The van der Waals surface area contributed by atoms with E-state index in [0.29, 0.717) is 6.04 Å².